The number of aliphatic hydroxyl groups is 2. The summed E-state index contributed by atoms with van der Waals surface area (Å²) in [5.41, 5.74) is 1.73. The Labute approximate surface area is 196 Å². The van der Waals surface area contributed by atoms with Gasteiger partial charge >= 0.3 is 0 Å². The normalized spacial score (nSPS) is 28.5. The fraction of sp³-hybridized carbons (Fsp3) is 0.714. The van der Waals surface area contributed by atoms with Crippen LogP contribution in [0.1, 0.15) is 95.9 Å². The molecule has 0 fully saturated rings. The molecule has 0 aromatic carbocycles. The first-order valence-corrected chi connectivity index (χ1v) is 12.4. The first-order valence-electron chi connectivity index (χ1n) is 11.6. The average Bonchev–Trinajstić information content (AvgIpc) is 2.54. The van der Waals surface area contributed by atoms with E-state index in [2.05, 4.69) is 95.2 Å². The highest BCUT2D eigenvalue weighted by Gasteiger charge is 2.53. The van der Waals surface area contributed by atoms with E-state index in [1.807, 2.05) is 23.9 Å². The van der Waals surface area contributed by atoms with Crippen molar-refractivity contribution in [3.8, 4) is 0 Å². The Morgan fingerprint density at radius 3 is 1.13 bits per heavy atom. The maximum atomic E-state index is 10.7. The first kappa shape index (κ1) is 26.2. The summed E-state index contributed by atoms with van der Waals surface area (Å²) in [4.78, 5) is 0. The van der Waals surface area contributed by atoms with Crippen molar-refractivity contribution in [2.75, 3.05) is 0 Å². The zero-order valence-electron chi connectivity index (χ0n) is 22.0. The van der Waals surface area contributed by atoms with Crippen LogP contribution in [0.25, 0.3) is 0 Å². The molecule has 2 unspecified atom stereocenters. The van der Waals surface area contributed by atoms with Crippen molar-refractivity contribution >= 4 is 11.8 Å². The molecule has 2 atom stereocenters. The predicted octanol–water partition coefficient (Wildman–Crippen LogP) is 8.93. The van der Waals surface area contributed by atoms with Crippen molar-refractivity contribution in [1.29, 1.82) is 0 Å². The summed E-state index contributed by atoms with van der Waals surface area (Å²) in [5.74, 6) is 0.842. The van der Waals surface area contributed by atoms with E-state index in [-0.39, 0.29) is 31.2 Å². The van der Waals surface area contributed by atoms with Crippen molar-refractivity contribution in [3.63, 3.8) is 0 Å². The average molecular weight is 447 g/mol. The highest BCUT2D eigenvalue weighted by Crippen LogP contribution is 2.61. The second kappa shape index (κ2) is 7.75. The Morgan fingerprint density at radius 1 is 0.613 bits per heavy atom. The van der Waals surface area contributed by atoms with Crippen LogP contribution in [0.4, 0.5) is 0 Å². The number of allylic oxidation sites excluding steroid dienone is 4. The summed E-state index contributed by atoms with van der Waals surface area (Å²) in [6, 6.07) is 0. The Kier molecular flexibility index (Phi) is 6.54. The van der Waals surface area contributed by atoms with Gasteiger partial charge in [-0.3, -0.25) is 0 Å². The van der Waals surface area contributed by atoms with Crippen molar-refractivity contribution in [3.05, 3.63) is 47.0 Å². The largest absolute Gasteiger partial charge is 0.508 e. The van der Waals surface area contributed by atoms with Gasteiger partial charge in [0.2, 0.25) is 0 Å². The lowest BCUT2D eigenvalue weighted by Gasteiger charge is -2.54. The molecular weight excluding hydrogens is 400 g/mol. The first-order chi connectivity index (χ1) is 13.7. The van der Waals surface area contributed by atoms with Gasteiger partial charge in [-0.2, -0.15) is 0 Å². The zero-order chi connectivity index (χ0) is 24.3. The number of rotatable bonds is 2. The summed E-state index contributed by atoms with van der Waals surface area (Å²) >= 11 is 2.03. The van der Waals surface area contributed by atoms with Gasteiger partial charge in [-0.25, -0.2) is 0 Å². The lowest BCUT2D eigenvalue weighted by atomic mass is 9.70. The van der Waals surface area contributed by atoms with E-state index >= 15 is 0 Å². The molecule has 176 valence electrons. The van der Waals surface area contributed by atoms with Gasteiger partial charge in [0.25, 0.3) is 0 Å². The third kappa shape index (κ3) is 4.97. The maximum Gasteiger partial charge on any atom is 0.115 e. The van der Waals surface area contributed by atoms with Crippen LogP contribution in [-0.2, 0) is 0 Å². The predicted molar refractivity (Wildman–Crippen MR) is 138 cm³/mol. The molecule has 0 heterocycles. The van der Waals surface area contributed by atoms with Gasteiger partial charge in [-0.1, -0.05) is 95.2 Å². The molecule has 2 aliphatic carbocycles. The SMILES string of the molecule is CC(C)(C)C1=CC(SC2(C(C)(C)C)C=C(C(C)(C)C)C(O)=CC2)(C(C)(C)C)CC=C1O. The van der Waals surface area contributed by atoms with Crippen LogP contribution in [0.3, 0.4) is 0 Å². The van der Waals surface area contributed by atoms with Gasteiger partial charge in [-0.15, -0.1) is 11.8 Å². The molecule has 0 aromatic rings. The van der Waals surface area contributed by atoms with Gasteiger partial charge in [-0.05, 0) is 57.8 Å². The highest BCUT2D eigenvalue weighted by atomic mass is 32.2. The van der Waals surface area contributed by atoms with Gasteiger partial charge in [0, 0.05) is 9.49 Å². The van der Waals surface area contributed by atoms with E-state index in [9.17, 15) is 10.2 Å². The van der Waals surface area contributed by atoms with Crippen LogP contribution in [0.2, 0.25) is 0 Å². The number of hydrogen-bond acceptors (Lipinski definition) is 3. The lowest BCUT2D eigenvalue weighted by Crippen LogP contribution is -2.49. The fourth-order valence-corrected chi connectivity index (χ4v) is 6.42. The molecule has 31 heavy (non-hydrogen) atoms. The molecule has 3 heteroatoms. The Morgan fingerprint density at radius 2 is 0.903 bits per heavy atom. The van der Waals surface area contributed by atoms with Crippen LogP contribution in [-0.4, -0.2) is 19.7 Å². The topological polar surface area (TPSA) is 40.5 Å². The molecule has 2 nitrogen and oxygen atoms in total. The molecular formula is C28H46O2S. The smallest absolute Gasteiger partial charge is 0.115 e. The van der Waals surface area contributed by atoms with Crippen LogP contribution in [0.15, 0.2) is 47.0 Å². The van der Waals surface area contributed by atoms with Crippen molar-refractivity contribution in [1.82, 2.24) is 0 Å². The van der Waals surface area contributed by atoms with Gasteiger partial charge in [0.05, 0.1) is 0 Å². The Bertz CT molecular complexity index is 758. The molecule has 2 N–H and O–H groups in total. The van der Waals surface area contributed by atoms with Crippen LogP contribution in [0.5, 0.6) is 0 Å². The van der Waals surface area contributed by atoms with Crippen LogP contribution < -0.4 is 0 Å². The Balaban J connectivity index is 2.76. The van der Waals surface area contributed by atoms with E-state index in [1.54, 1.807) is 0 Å². The molecule has 2 rings (SSSR count). The minimum Gasteiger partial charge on any atom is -0.508 e. The van der Waals surface area contributed by atoms with E-state index in [4.69, 9.17) is 0 Å². The second-order valence-corrected chi connectivity index (χ2v) is 15.2. The van der Waals surface area contributed by atoms with Gasteiger partial charge in [0.1, 0.15) is 11.5 Å². The van der Waals surface area contributed by atoms with E-state index in [0.29, 0.717) is 11.5 Å². The third-order valence-corrected chi connectivity index (χ3v) is 9.55. The summed E-state index contributed by atoms with van der Waals surface area (Å²) in [5, 5.41) is 21.5. The number of thioether (sulfide) groups is 1. The van der Waals surface area contributed by atoms with Crippen LogP contribution in [0, 0.1) is 21.7 Å². The number of aliphatic hydroxyl groups excluding tert-OH is 2. The molecule has 0 aliphatic heterocycles. The second-order valence-electron chi connectivity index (χ2n) is 13.6. The third-order valence-electron chi connectivity index (χ3n) is 7.02. The molecule has 0 aromatic heterocycles. The lowest BCUT2D eigenvalue weighted by molar-refractivity contribution is 0.281. The summed E-state index contributed by atoms with van der Waals surface area (Å²) in [6.45, 7) is 26.9. The van der Waals surface area contributed by atoms with E-state index in [0.717, 1.165) is 24.0 Å². The van der Waals surface area contributed by atoms with Gasteiger partial charge in [0.15, 0.2) is 0 Å². The molecule has 0 saturated carbocycles. The summed E-state index contributed by atoms with van der Waals surface area (Å²) in [7, 11) is 0. The van der Waals surface area contributed by atoms with Crippen LogP contribution >= 0.6 is 11.8 Å². The number of hydrogen-bond donors (Lipinski definition) is 2. The maximum absolute atomic E-state index is 10.7. The van der Waals surface area contributed by atoms with E-state index < -0.39 is 0 Å². The Hall–Kier alpha value is -1.09. The molecule has 0 spiro atoms. The minimum atomic E-state index is -0.185. The molecule has 0 bridgehead atoms. The molecule has 0 amide bonds. The summed E-state index contributed by atoms with van der Waals surface area (Å²) in [6.07, 6.45) is 10.4. The minimum absolute atomic E-state index is 0.0252. The monoisotopic (exact) mass is 446 g/mol. The van der Waals surface area contributed by atoms with Crippen molar-refractivity contribution in [2.24, 2.45) is 21.7 Å². The quantitative estimate of drug-likeness (QED) is 0.445. The molecule has 0 saturated heterocycles. The highest BCUT2D eigenvalue weighted by molar-refractivity contribution is 8.02. The molecule has 0 radical (unpaired) electrons. The molecule has 2 aliphatic rings. The van der Waals surface area contributed by atoms with Gasteiger partial charge < -0.3 is 10.2 Å². The van der Waals surface area contributed by atoms with Crippen molar-refractivity contribution in [2.45, 2.75) is 105 Å². The fourth-order valence-electron chi connectivity index (χ4n) is 4.47. The standard InChI is InChI=1S/C28H46O2S/c1-23(2,3)19-17-27(25(7,8)9,15-13-21(19)29)31-28(26(10,11)12)16-14-22(30)20(18-28)24(4,5)6/h13-14,17-18,29-30H,15-16H2,1-12H3. The van der Waals surface area contributed by atoms with E-state index in [1.165, 1.54) is 0 Å². The summed E-state index contributed by atoms with van der Waals surface area (Å²) < 4.78 is -0.370. The van der Waals surface area contributed by atoms with Crippen molar-refractivity contribution < 1.29 is 10.2 Å². The zero-order valence-corrected chi connectivity index (χ0v) is 22.8.